The van der Waals surface area contributed by atoms with Crippen molar-refractivity contribution < 1.29 is 19.4 Å². The molecule has 0 spiro atoms. The van der Waals surface area contributed by atoms with Crippen molar-refractivity contribution in [3.8, 4) is 0 Å². The zero-order valence-electron chi connectivity index (χ0n) is 8.36. The van der Waals surface area contributed by atoms with Gasteiger partial charge in [-0.2, -0.15) is 0 Å². The Labute approximate surface area is 83.2 Å². The summed E-state index contributed by atoms with van der Waals surface area (Å²) in [6.07, 6.45) is 1.76. The first-order valence-electron chi connectivity index (χ1n) is 4.72. The maximum atomic E-state index is 11.1. The van der Waals surface area contributed by atoms with Crippen LogP contribution in [0.5, 0.6) is 0 Å². The summed E-state index contributed by atoms with van der Waals surface area (Å²) in [7, 11) is 0. The topological polar surface area (TPSA) is 89.6 Å². The molecule has 3 N–H and O–H groups in total. The Hall–Kier alpha value is -1.10. The fraction of sp³-hybridized carbons (Fsp3) is 0.778. The molecule has 0 aliphatic heterocycles. The molecule has 5 nitrogen and oxygen atoms in total. The van der Waals surface area contributed by atoms with E-state index in [4.69, 9.17) is 15.6 Å². The average molecular weight is 203 g/mol. The van der Waals surface area contributed by atoms with Gasteiger partial charge in [-0.15, -0.1) is 0 Å². The van der Waals surface area contributed by atoms with Crippen LogP contribution in [0.1, 0.15) is 32.6 Å². The molecule has 0 radical (unpaired) electrons. The minimum atomic E-state index is -0.957. The standard InChI is InChI=1S/C9H17NO4/c1-2-3-6-14-9(13)7(10)4-5-8(11)12/h7H,2-6,10H2,1H3,(H,11,12). The van der Waals surface area contributed by atoms with E-state index in [9.17, 15) is 9.59 Å². The van der Waals surface area contributed by atoms with E-state index in [0.29, 0.717) is 6.61 Å². The van der Waals surface area contributed by atoms with Crippen molar-refractivity contribution in [2.24, 2.45) is 5.73 Å². The molecule has 0 rings (SSSR count). The number of carboxylic acid groups (broad SMARTS) is 1. The highest BCUT2D eigenvalue weighted by molar-refractivity contribution is 5.76. The van der Waals surface area contributed by atoms with E-state index in [-0.39, 0.29) is 12.8 Å². The molecule has 0 aliphatic carbocycles. The SMILES string of the molecule is CCCCOC(=O)C(N)CCC(=O)O. The van der Waals surface area contributed by atoms with Crippen LogP contribution in [0.25, 0.3) is 0 Å². The van der Waals surface area contributed by atoms with Gasteiger partial charge in [-0.3, -0.25) is 9.59 Å². The van der Waals surface area contributed by atoms with E-state index < -0.39 is 18.0 Å². The van der Waals surface area contributed by atoms with Crippen LogP contribution < -0.4 is 5.73 Å². The Balaban J connectivity index is 3.59. The number of ether oxygens (including phenoxy) is 1. The van der Waals surface area contributed by atoms with Crippen molar-refractivity contribution in [1.82, 2.24) is 0 Å². The number of carbonyl (C=O) groups excluding carboxylic acids is 1. The van der Waals surface area contributed by atoms with E-state index in [1.165, 1.54) is 0 Å². The van der Waals surface area contributed by atoms with E-state index in [1.807, 2.05) is 6.92 Å². The minimum Gasteiger partial charge on any atom is -0.481 e. The molecule has 82 valence electrons. The Bertz CT molecular complexity index is 193. The summed E-state index contributed by atoms with van der Waals surface area (Å²) in [6.45, 7) is 2.34. The second kappa shape index (κ2) is 7.32. The van der Waals surface area contributed by atoms with E-state index in [0.717, 1.165) is 12.8 Å². The first-order chi connectivity index (χ1) is 6.57. The molecule has 5 heteroatoms. The highest BCUT2D eigenvalue weighted by atomic mass is 16.5. The first-order valence-corrected chi connectivity index (χ1v) is 4.72. The molecule has 0 aromatic heterocycles. The number of carboxylic acids is 1. The molecule has 0 amide bonds. The van der Waals surface area contributed by atoms with Gasteiger partial charge in [0.15, 0.2) is 0 Å². The van der Waals surface area contributed by atoms with Gasteiger partial charge in [-0.25, -0.2) is 0 Å². The maximum Gasteiger partial charge on any atom is 0.322 e. The van der Waals surface area contributed by atoms with Crippen LogP contribution in [0.2, 0.25) is 0 Å². The van der Waals surface area contributed by atoms with Gasteiger partial charge in [0.05, 0.1) is 6.61 Å². The van der Waals surface area contributed by atoms with Gasteiger partial charge in [0.1, 0.15) is 6.04 Å². The molecule has 0 heterocycles. The summed E-state index contributed by atoms with van der Waals surface area (Å²) >= 11 is 0. The van der Waals surface area contributed by atoms with Crippen LogP contribution in [0.15, 0.2) is 0 Å². The third-order valence-corrected chi connectivity index (χ3v) is 1.71. The van der Waals surface area contributed by atoms with Crippen molar-refractivity contribution in [2.45, 2.75) is 38.6 Å². The number of hydrogen-bond acceptors (Lipinski definition) is 4. The predicted octanol–water partition coefficient (Wildman–Crippen LogP) is 0.522. The molecule has 0 bridgehead atoms. The van der Waals surface area contributed by atoms with E-state index >= 15 is 0 Å². The van der Waals surface area contributed by atoms with Crippen molar-refractivity contribution in [1.29, 1.82) is 0 Å². The number of nitrogens with two attached hydrogens (primary N) is 1. The van der Waals surface area contributed by atoms with Gasteiger partial charge in [-0.05, 0) is 12.8 Å². The molecule has 0 saturated heterocycles. The van der Waals surface area contributed by atoms with Crippen LogP contribution >= 0.6 is 0 Å². The minimum absolute atomic E-state index is 0.107. The quantitative estimate of drug-likeness (QED) is 0.465. The Morgan fingerprint density at radius 2 is 2.14 bits per heavy atom. The molecule has 14 heavy (non-hydrogen) atoms. The lowest BCUT2D eigenvalue weighted by molar-refractivity contribution is -0.145. The van der Waals surface area contributed by atoms with Gasteiger partial charge in [0.2, 0.25) is 0 Å². The second-order valence-corrected chi connectivity index (χ2v) is 3.06. The molecule has 1 unspecified atom stereocenters. The predicted molar refractivity (Wildman–Crippen MR) is 50.7 cm³/mol. The second-order valence-electron chi connectivity index (χ2n) is 3.06. The van der Waals surface area contributed by atoms with E-state index in [2.05, 4.69) is 0 Å². The lowest BCUT2D eigenvalue weighted by Crippen LogP contribution is -2.33. The molecule has 0 aromatic rings. The van der Waals surface area contributed by atoms with Crippen LogP contribution in [0.4, 0.5) is 0 Å². The Morgan fingerprint density at radius 3 is 2.64 bits per heavy atom. The number of rotatable bonds is 7. The Morgan fingerprint density at radius 1 is 1.50 bits per heavy atom. The number of aliphatic carboxylic acids is 1. The summed E-state index contributed by atoms with van der Waals surface area (Å²) in [5, 5.41) is 8.35. The van der Waals surface area contributed by atoms with Crippen molar-refractivity contribution in [3.05, 3.63) is 0 Å². The third-order valence-electron chi connectivity index (χ3n) is 1.71. The van der Waals surface area contributed by atoms with Gasteiger partial charge >= 0.3 is 11.9 Å². The monoisotopic (exact) mass is 203 g/mol. The molecule has 0 saturated carbocycles. The number of carbonyl (C=O) groups is 2. The summed E-state index contributed by atoms with van der Waals surface area (Å²) < 4.78 is 4.82. The number of esters is 1. The molecular formula is C9H17NO4. The van der Waals surface area contributed by atoms with Crippen LogP contribution in [0, 0.1) is 0 Å². The lowest BCUT2D eigenvalue weighted by atomic mass is 10.2. The molecule has 0 aromatic carbocycles. The summed E-state index contributed by atoms with van der Waals surface area (Å²) in [6, 6.07) is -0.817. The van der Waals surface area contributed by atoms with Crippen LogP contribution in [-0.2, 0) is 14.3 Å². The number of unbranched alkanes of at least 4 members (excludes halogenated alkanes) is 1. The average Bonchev–Trinajstić information content (AvgIpc) is 2.14. The fourth-order valence-corrected chi connectivity index (χ4v) is 0.821. The maximum absolute atomic E-state index is 11.1. The lowest BCUT2D eigenvalue weighted by Gasteiger charge is -2.09. The zero-order chi connectivity index (χ0) is 11.0. The van der Waals surface area contributed by atoms with Gasteiger partial charge in [0.25, 0.3) is 0 Å². The Kier molecular flexibility index (Phi) is 6.74. The summed E-state index contributed by atoms with van der Waals surface area (Å²) in [5.74, 6) is -1.47. The van der Waals surface area contributed by atoms with Gasteiger partial charge in [-0.1, -0.05) is 13.3 Å². The number of hydrogen-bond donors (Lipinski definition) is 2. The molecule has 0 fully saturated rings. The van der Waals surface area contributed by atoms with Crippen LogP contribution in [0.3, 0.4) is 0 Å². The smallest absolute Gasteiger partial charge is 0.322 e. The summed E-state index contributed by atoms with van der Waals surface area (Å²) in [4.78, 5) is 21.3. The normalized spacial score (nSPS) is 12.1. The third kappa shape index (κ3) is 6.42. The highest BCUT2D eigenvalue weighted by Gasteiger charge is 2.15. The molecule has 1 atom stereocenters. The summed E-state index contributed by atoms with van der Waals surface area (Å²) in [5.41, 5.74) is 5.41. The van der Waals surface area contributed by atoms with Crippen molar-refractivity contribution in [3.63, 3.8) is 0 Å². The highest BCUT2D eigenvalue weighted by Crippen LogP contribution is 1.98. The van der Waals surface area contributed by atoms with Crippen molar-refractivity contribution in [2.75, 3.05) is 6.61 Å². The first kappa shape index (κ1) is 12.9. The molecule has 0 aliphatic rings. The van der Waals surface area contributed by atoms with E-state index in [1.54, 1.807) is 0 Å². The van der Waals surface area contributed by atoms with Gasteiger partial charge in [0, 0.05) is 6.42 Å². The zero-order valence-corrected chi connectivity index (χ0v) is 8.36. The molecular weight excluding hydrogens is 186 g/mol. The van der Waals surface area contributed by atoms with Gasteiger partial charge < -0.3 is 15.6 Å². The van der Waals surface area contributed by atoms with Crippen molar-refractivity contribution >= 4 is 11.9 Å². The largest absolute Gasteiger partial charge is 0.481 e. The fourth-order valence-electron chi connectivity index (χ4n) is 0.821. The van der Waals surface area contributed by atoms with Crippen LogP contribution in [-0.4, -0.2) is 29.7 Å².